The molecule has 40 heavy (non-hydrogen) atoms. The van der Waals surface area contributed by atoms with Crippen molar-refractivity contribution in [3.63, 3.8) is 0 Å². The van der Waals surface area contributed by atoms with Crippen LogP contribution in [0.3, 0.4) is 0 Å². The molecule has 0 radical (unpaired) electrons. The van der Waals surface area contributed by atoms with Crippen molar-refractivity contribution in [1.29, 1.82) is 5.26 Å². The fourth-order valence-electron chi connectivity index (χ4n) is 5.43. The highest BCUT2D eigenvalue weighted by Crippen LogP contribution is 2.29. The van der Waals surface area contributed by atoms with Gasteiger partial charge in [-0.05, 0) is 71.4 Å². The summed E-state index contributed by atoms with van der Waals surface area (Å²) in [7, 11) is 0. The van der Waals surface area contributed by atoms with Crippen LogP contribution in [0.1, 0.15) is 87.5 Å². The van der Waals surface area contributed by atoms with Crippen molar-refractivity contribution in [3.8, 4) is 6.07 Å². The van der Waals surface area contributed by atoms with Crippen LogP contribution in [0.15, 0.2) is 0 Å². The summed E-state index contributed by atoms with van der Waals surface area (Å²) in [6.45, 7) is 17.6. The van der Waals surface area contributed by atoms with E-state index in [0.29, 0.717) is 25.9 Å². The lowest BCUT2D eigenvalue weighted by molar-refractivity contribution is -0.142. The molecule has 3 N–H and O–H groups in total. The van der Waals surface area contributed by atoms with Crippen LogP contribution in [0.25, 0.3) is 0 Å². The summed E-state index contributed by atoms with van der Waals surface area (Å²) in [5.41, 5.74) is -1.40. The van der Waals surface area contributed by atoms with Crippen molar-refractivity contribution in [2.75, 3.05) is 26.2 Å². The first-order valence-electron chi connectivity index (χ1n) is 14.6. The van der Waals surface area contributed by atoms with Crippen LogP contribution in [0.4, 0.5) is 4.79 Å². The fourth-order valence-corrected chi connectivity index (χ4v) is 5.43. The van der Waals surface area contributed by atoms with Gasteiger partial charge in [0.25, 0.3) is 0 Å². The van der Waals surface area contributed by atoms with Gasteiger partial charge in [0, 0.05) is 25.0 Å². The fraction of sp³-hybridized carbons (Fsp3) is 0.828. The summed E-state index contributed by atoms with van der Waals surface area (Å²) in [4.78, 5) is 56.4. The average molecular weight is 563 g/mol. The van der Waals surface area contributed by atoms with Crippen molar-refractivity contribution < 1.29 is 23.9 Å². The standard InChI is InChI=1S/C29H50N6O5/c1-9-13-34(14-10-2)21-16-22(25(37)32-20(17-30)15-19-11-12-31-24(19)36)35(18-21)26(38)23(28(3,4)5)33-27(39)40-29(6,7)8/h19-23H,9-16,18H2,1-8H3,(H,31,36)(H,32,37)(H,33,39)/t19-,20?,21+,22-,23+/m0/s1. The molecule has 2 aliphatic rings. The molecule has 0 saturated carbocycles. The van der Waals surface area contributed by atoms with Gasteiger partial charge in [-0.15, -0.1) is 0 Å². The maximum absolute atomic E-state index is 14.1. The zero-order chi connectivity index (χ0) is 30.3. The smallest absolute Gasteiger partial charge is 0.408 e. The van der Waals surface area contributed by atoms with Crippen molar-refractivity contribution in [3.05, 3.63) is 0 Å². The second kappa shape index (κ2) is 14.2. The SMILES string of the molecule is CCCN(CCC)[C@@H]1C[C@@H](C(=O)NC(C#N)C[C@@H]2CCNC2=O)N(C(=O)[C@@H](NC(=O)OC(C)(C)C)C(C)(C)C)C1. The maximum Gasteiger partial charge on any atom is 0.408 e. The van der Waals surface area contributed by atoms with Crippen LogP contribution in [0, 0.1) is 22.7 Å². The number of hydrogen-bond acceptors (Lipinski definition) is 7. The van der Waals surface area contributed by atoms with E-state index in [9.17, 15) is 24.4 Å². The van der Waals surface area contributed by atoms with Gasteiger partial charge in [0.15, 0.2) is 0 Å². The van der Waals surface area contributed by atoms with Gasteiger partial charge in [-0.1, -0.05) is 34.6 Å². The van der Waals surface area contributed by atoms with E-state index in [4.69, 9.17) is 4.74 Å². The van der Waals surface area contributed by atoms with Gasteiger partial charge >= 0.3 is 6.09 Å². The lowest BCUT2D eigenvalue weighted by atomic mass is 9.85. The number of amides is 4. The lowest BCUT2D eigenvalue weighted by Gasteiger charge is -2.36. The Morgan fingerprint density at radius 3 is 2.23 bits per heavy atom. The van der Waals surface area contributed by atoms with Crippen molar-refractivity contribution in [2.45, 2.75) is 117 Å². The van der Waals surface area contributed by atoms with E-state index in [0.717, 1.165) is 25.9 Å². The number of nitriles is 1. The highest BCUT2D eigenvalue weighted by atomic mass is 16.6. The number of likely N-dealkylation sites (tertiary alicyclic amines) is 1. The molecule has 5 atom stereocenters. The molecule has 0 bridgehead atoms. The molecule has 11 heteroatoms. The number of ether oxygens (including phenoxy) is 1. The second-order valence-electron chi connectivity index (χ2n) is 13.1. The number of nitrogens with one attached hydrogen (secondary N) is 3. The Morgan fingerprint density at radius 2 is 1.75 bits per heavy atom. The first-order valence-corrected chi connectivity index (χ1v) is 14.6. The molecule has 0 aliphatic carbocycles. The summed E-state index contributed by atoms with van der Waals surface area (Å²) in [5.74, 6) is -1.22. The highest BCUT2D eigenvalue weighted by molar-refractivity contribution is 5.92. The van der Waals surface area contributed by atoms with Crippen LogP contribution in [0.5, 0.6) is 0 Å². The molecular formula is C29H50N6O5. The summed E-state index contributed by atoms with van der Waals surface area (Å²) in [5, 5.41) is 18.1. The summed E-state index contributed by atoms with van der Waals surface area (Å²) >= 11 is 0. The predicted molar refractivity (Wildman–Crippen MR) is 152 cm³/mol. The van der Waals surface area contributed by atoms with Gasteiger partial charge in [-0.25, -0.2) is 4.79 Å². The first-order chi connectivity index (χ1) is 18.6. The monoisotopic (exact) mass is 562 g/mol. The Hall–Kier alpha value is -2.87. The largest absolute Gasteiger partial charge is 0.444 e. The molecule has 2 saturated heterocycles. The number of carbonyl (C=O) groups excluding carboxylic acids is 4. The molecule has 226 valence electrons. The summed E-state index contributed by atoms with van der Waals surface area (Å²) < 4.78 is 5.44. The van der Waals surface area contributed by atoms with E-state index in [2.05, 4.69) is 40.8 Å². The van der Waals surface area contributed by atoms with Gasteiger partial charge in [0.05, 0.1) is 6.07 Å². The molecule has 2 rings (SSSR count). The van der Waals surface area contributed by atoms with E-state index in [1.165, 1.54) is 0 Å². The summed E-state index contributed by atoms with van der Waals surface area (Å²) in [6, 6.07) is -0.517. The number of carbonyl (C=O) groups is 4. The molecule has 2 aliphatic heterocycles. The van der Waals surface area contributed by atoms with E-state index < -0.39 is 41.1 Å². The van der Waals surface area contributed by atoms with Gasteiger partial charge in [-0.2, -0.15) is 5.26 Å². The van der Waals surface area contributed by atoms with Crippen LogP contribution in [-0.4, -0.2) is 89.6 Å². The molecule has 2 fully saturated rings. The number of nitrogens with zero attached hydrogens (tertiary/aromatic N) is 3. The van der Waals surface area contributed by atoms with Gasteiger partial charge in [0.2, 0.25) is 17.7 Å². The lowest BCUT2D eigenvalue weighted by Crippen LogP contribution is -2.58. The van der Waals surface area contributed by atoms with Crippen LogP contribution >= 0.6 is 0 Å². The molecule has 0 aromatic rings. The quantitative estimate of drug-likeness (QED) is 0.351. The van der Waals surface area contributed by atoms with E-state index in [1.54, 1.807) is 25.7 Å². The van der Waals surface area contributed by atoms with Crippen molar-refractivity contribution in [2.24, 2.45) is 11.3 Å². The van der Waals surface area contributed by atoms with E-state index >= 15 is 0 Å². The Bertz CT molecular complexity index is 944. The minimum Gasteiger partial charge on any atom is -0.444 e. The Morgan fingerprint density at radius 1 is 1.12 bits per heavy atom. The Kier molecular flexibility index (Phi) is 11.8. The van der Waals surface area contributed by atoms with Gasteiger partial charge in [-0.3, -0.25) is 19.3 Å². The van der Waals surface area contributed by atoms with Crippen LogP contribution < -0.4 is 16.0 Å². The average Bonchev–Trinajstić information content (AvgIpc) is 3.46. The zero-order valence-electron chi connectivity index (χ0n) is 25.6. The topological polar surface area (TPSA) is 144 Å². The normalized spacial score (nSPS) is 22.9. The highest BCUT2D eigenvalue weighted by Gasteiger charge is 2.46. The molecule has 4 amide bonds. The third-order valence-electron chi connectivity index (χ3n) is 7.33. The number of rotatable bonds is 11. The minimum atomic E-state index is -0.934. The Balaban J connectivity index is 2.33. The second-order valence-corrected chi connectivity index (χ2v) is 13.1. The van der Waals surface area contributed by atoms with Gasteiger partial charge in [0.1, 0.15) is 23.7 Å². The molecule has 11 nitrogen and oxygen atoms in total. The van der Waals surface area contributed by atoms with Gasteiger partial charge < -0.3 is 25.6 Å². The maximum atomic E-state index is 14.1. The van der Waals surface area contributed by atoms with Crippen LogP contribution in [0.2, 0.25) is 0 Å². The van der Waals surface area contributed by atoms with Crippen LogP contribution in [-0.2, 0) is 19.1 Å². The van der Waals surface area contributed by atoms with E-state index in [1.807, 2.05) is 20.8 Å². The number of hydrogen-bond donors (Lipinski definition) is 3. The predicted octanol–water partition coefficient (Wildman–Crippen LogP) is 2.55. The van der Waals surface area contributed by atoms with E-state index in [-0.39, 0.29) is 30.2 Å². The molecule has 2 heterocycles. The van der Waals surface area contributed by atoms with Crippen molar-refractivity contribution in [1.82, 2.24) is 25.8 Å². The molecule has 0 aromatic carbocycles. The summed E-state index contributed by atoms with van der Waals surface area (Å²) in [6.07, 6.45) is 2.44. The molecule has 1 unspecified atom stereocenters. The van der Waals surface area contributed by atoms with Crippen molar-refractivity contribution >= 4 is 23.8 Å². The molecule has 0 spiro atoms. The molecular weight excluding hydrogens is 512 g/mol. The molecule has 0 aromatic heterocycles. The zero-order valence-corrected chi connectivity index (χ0v) is 25.6. The minimum absolute atomic E-state index is 0.0390. The third kappa shape index (κ3) is 9.36. The Labute approximate surface area is 239 Å². The number of alkyl carbamates (subject to hydrolysis) is 1. The first kappa shape index (κ1) is 33.3. The third-order valence-corrected chi connectivity index (χ3v) is 7.33.